The Morgan fingerprint density at radius 1 is 0.403 bits per heavy atom. The molecule has 0 aliphatic carbocycles. The van der Waals surface area contributed by atoms with Gasteiger partial charge in [-0.1, -0.05) is 214 Å². The van der Waals surface area contributed by atoms with Crippen molar-refractivity contribution in [3.63, 3.8) is 0 Å². The Morgan fingerprint density at radius 2 is 0.750 bits per heavy atom. The fourth-order valence-corrected chi connectivity index (χ4v) is 8.02. The highest BCUT2D eigenvalue weighted by atomic mass is 31.2. The molecular weight excluding hydrogens is 928 g/mol. The maximum Gasteiger partial charge on any atom is 0.472 e. The maximum atomic E-state index is 12.9. The normalized spacial score (nSPS) is 14.1. The lowest BCUT2D eigenvalue weighted by atomic mass is 10.1. The van der Waals surface area contributed by atoms with E-state index < -0.39 is 57.8 Å². The first kappa shape index (κ1) is 68.4. The number of rotatable bonds is 51. The van der Waals surface area contributed by atoms with E-state index in [2.05, 4.69) is 106 Å². The lowest BCUT2D eigenvalue weighted by Gasteiger charge is -2.21. The van der Waals surface area contributed by atoms with Gasteiger partial charge in [-0.3, -0.25) is 23.4 Å². The minimum atomic E-state index is -4.77. The summed E-state index contributed by atoms with van der Waals surface area (Å²) in [7, 11) is -4.77. The van der Waals surface area contributed by atoms with Crippen molar-refractivity contribution in [1.29, 1.82) is 0 Å². The van der Waals surface area contributed by atoms with Gasteiger partial charge in [0.1, 0.15) is 12.7 Å². The Kier molecular flexibility index (Phi) is 51.0. The number of unbranched alkanes of at least 4 members (excludes halogenated alkanes) is 18. The fourth-order valence-electron chi connectivity index (χ4n) is 7.23. The standard InChI is InChI=1S/C60H101O11P/c1-4-7-10-13-16-19-22-24-26-27-28-29-31-33-36-39-42-45-48-51-60(64)71-57(53-67-58(62)49-46-43-40-37-34-21-18-15-12-9-6-3)55-69-72(65,66)68-54-56(52-61)70-59(63)50-47-44-41-38-35-32-30-25-23-20-17-14-11-8-5-2/h7,10,16-17,19-20,24-26,28-30,33,36,42,45,56-57,61H,4-6,8-9,11-15,18,21-23,27,31-32,34-35,37-41,43-44,46-55H2,1-3H3,(H,65,66)/b10-7-,19-16-,20-17-,26-24-,29-28-,30-25-,36-33-,45-42-. The van der Waals surface area contributed by atoms with E-state index in [-0.39, 0.29) is 25.9 Å². The monoisotopic (exact) mass is 1030 g/mol. The molecule has 72 heavy (non-hydrogen) atoms. The molecule has 0 aliphatic heterocycles. The number of aliphatic hydroxyl groups is 1. The summed E-state index contributed by atoms with van der Waals surface area (Å²) in [6.45, 7) is 4.39. The molecule has 3 atom stereocenters. The van der Waals surface area contributed by atoms with E-state index in [4.69, 9.17) is 23.3 Å². The van der Waals surface area contributed by atoms with Crippen LogP contribution in [0.5, 0.6) is 0 Å². The second-order valence-electron chi connectivity index (χ2n) is 18.4. The SMILES string of the molecule is CC/C=C\C/C=C\C/C=C\C/C=C\C/C=C\C/C=C\CCC(=O)OC(COC(=O)CCCCCCCCCCCCC)COP(=O)(O)OCC(CO)OC(=O)CCCCCCC/C=C\C/C=C\CCCCC. The van der Waals surface area contributed by atoms with Gasteiger partial charge in [0.25, 0.3) is 0 Å². The third-order valence-electron chi connectivity index (χ3n) is 11.5. The van der Waals surface area contributed by atoms with Crippen molar-refractivity contribution in [2.45, 2.75) is 238 Å². The van der Waals surface area contributed by atoms with Gasteiger partial charge in [-0.2, -0.15) is 0 Å². The summed E-state index contributed by atoms with van der Waals surface area (Å²) in [5.74, 6) is -1.58. The van der Waals surface area contributed by atoms with E-state index in [9.17, 15) is 28.9 Å². The van der Waals surface area contributed by atoms with E-state index in [1.165, 1.54) is 64.2 Å². The van der Waals surface area contributed by atoms with Crippen LogP contribution in [-0.4, -0.2) is 66.5 Å². The first-order valence-electron chi connectivity index (χ1n) is 28.1. The number of ether oxygens (including phenoxy) is 3. The highest BCUT2D eigenvalue weighted by molar-refractivity contribution is 7.47. The van der Waals surface area contributed by atoms with Crippen molar-refractivity contribution in [1.82, 2.24) is 0 Å². The number of hydrogen-bond acceptors (Lipinski definition) is 10. The van der Waals surface area contributed by atoms with Crippen molar-refractivity contribution in [2.24, 2.45) is 0 Å². The molecule has 11 nitrogen and oxygen atoms in total. The summed E-state index contributed by atoms with van der Waals surface area (Å²) in [5, 5.41) is 9.80. The average molecular weight is 1030 g/mol. The van der Waals surface area contributed by atoms with E-state index in [0.717, 1.165) is 96.3 Å². The van der Waals surface area contributed by atoms with Crippen molar-refractivity contribution in [3.8, 4) is 0 Å². The Bertz CT molecular complexity index is 1580. The summed E-state index contributed by atoms with van der Waals surface area (Å²) in [4.78, 5) is 48.4. The molecule has 0 saturated carbocycles. The summed E-state index contributed by atoms with van der Waals surface area (Å²) in [6, 6.07) is 0. The molecule has 0 aliphatic rings. The zero-order valence-electron chi connectivity index (χ0n) is 45.4. The van der Waals surface area contributed by atoms with Crippen molar-refractivity contribution in [3.05, 3.63) is 97.2 Å². The zero-order valence-corrected chi connectivity index (χ0v) is 46.3. The minimum Gasteiger partial charge on any atom is -0.462 e. The highest BCUT2D eigenvalue weighted by Crippen LogP contribution is 2.43. The number of phosphoric acid groups is 1. The topological polar surface area (TPSA) is 155 Å². The number of carbonyl (C=O) groups is 3. The second-order valence-corrected chi connectivity index (χ2v) is 19.8. The Labute approximate surface area is 438 Å². The first-order valence-corrected chi connectivity index (χ1v) is 29.6. The van der Waals surface area contributed by atoms with Crippen LogP contribution in [0.1, 0.15) is 226 Å². The van der Waals surface area contributed by atoms with E-state index in [1.807, 2.05) is 12.2 Å². The number of carbonyl (C=O) groups excluding carboxylic acids is 3. The van der Waals surface area contributed by atoms with Crippen molar-refractivity contribution in [2.75, 3.05) is 26.4 Å². The molecule has 0 saturated heterocycles. The largest absolute Gasteiger partial charge is 0.472 e. The molecule has 2 N–H and O–H groups in total. The van der Waals surface area contributed by atoms with Crippen molar-refractivity contribution >= 4 is 25.7 Å². The molecule has 3 unspecified atom stereocenters. The zero-order chi connectivity index (χ0) is 52.7. The van der Waals surface area contributed by atoms with Crippen LogP contribution in [0.25, 0.3) is 0 Å². The molecule has 0 bridgehead atoms. The van der Waals surface area contributed by atoms with Gasteiger partial charge in [0.2, 0.25) is 0 Å². The van der Waals surface area contributed by atoms with Crippen LogP contribution < -0.4 is 0 Å². The number of aliphatic hydroxyl groups excluding tert-OH is 1. The van der Waals surface area contributed by atoms with Crippen LogP contribution in [0.15, 0.2) is 97.2 Å². The third kappa shape index (κ3) is 51.3. The predicted molar refractivity (Wildman–Crippen MR) is 297 cm³/mol. The minimum absolute atomic E-state index is 0.0390. The summed E-state index contributed by atoms with van der Waals surface area (Å²) in [6.07, 6.45) is 62.4. The molecule has 0 radical (unpaired) electrons. The molecule has 0 aromatic carbocycles. The highest BCUT2D eigenvalue weighted by Gasteiger charge is 2.28. The van der Waals surface area contributed by atoms with E-state index in [1.54, 1.807) is 0 Å². The first-order chi connectivity index (χ1) is 35.2. The summed E-state index contributed by atoms with van der Waals surface area (Å²) < 4.78 is 39.3. The lowest BCUT2D eigenvalue weighted by molar-refractivity contribution is -0.161. The average Bonchev–Trinajstić information content (AvgIpc) is 3.37. The molecule has 0 aromatic heterocycles. The van der Waals surface area contributed by atoms with Gasteiger partial charge in [-0.15, -0.1) is 0 Å². The molecule has 0 fully saturated rings. The van der Waals surface area contributed by atoms with Crippen LogP contribution in [0.4, 0.5) is 0 Å². The van der Waals surface area contributed by atoms with E-state index in [0.29, 0.717) is 25.7 Å². The lowest BCUT2D eigenvalue weighted by Crippen LogP contribution is -2.30. The van der Waals surface area contributed by atoms with Crippen LogP contribution in [0, 0.1) is 0 Å². The van der Waals surface area contributed by atoms with Crippen molar-refractivity contribution < 1.29 is 52.2 Å². The van der Waals surface area contributed by atoms with Gasteiger partial charge in [0, 0.05) is 19.3 Å². The van der Waals surface area contributed by atoms with Gasteiger partial charge in [-0.05, 0) is 89.9 Å². The molecule has 0 heterocycles. The van der Waals surface area contributed by atoms with Gasteiger partial charge >= 0.3 is 25.7 Å². The molecule has 0 spiro atoms. The second kappa shape index (κ2) is 53.7. The molecule has 0 rings (SSSR count). The van der Waals surface area contributed by atoms with Gasteiger partial charge < -0.3 is 24.2 Å². The summed E-state index contributed by atoms with van der Waals surface area (Å²) in [5.41, 5.74) is 0. The number of allylic oxidation sites excluding steroid dienone is 16. The van der Waals surface area contributed by atoms with E-state index >= 15 is 0 Å². The van der Waals surface area contributed by atoms with Gasteiger partial charge in [0.05, 0.1) is 19.8 Å². The summed E-state index contributed by atoms with van der Waals surface area (Å²) >= 11 is 0. The predicted octanol–water partition coefficient (Wildman–Crippen LogP) is 16.5. The smallest absolute Gasteiger partial charge is 0.462 e. The third-order valence-corrected chi connectivity index (χ3v) is 12.5. The molecular formula is C60H101O11P. The van der Waals surface area contributed by atoms with Gasteiger partial charge in [0.15, 0.2) is 6.10 Å². The van der Waals surface area contributed by atoms with Crippen LogP contribution >= 0.6 is 7.82 Å². The molecule has 0 amide bonds. The van der Waals surface area contributed by atoms with Crippen LogP contribution in [-0.2, 0) is 42.2 Å². The Balaban J connectivity index is 4.83. The Hall–Kier alpha value is -3.60. The van der Waals surface area contributed by atoms with Crippen LogP contribution in [0.3, 0.4) is 0 Å². The Morgan fingerprint density at radius 3 is 1.22 bits per heavy atom. The fraction of sp³-hybridized carbons (Fsp3) is 0.683. The van der Waals surface area contributed by atoms with Gasteiger partial charge in [-0.25, -0.2) is 4.57 Å². The molecule has 12 heteroatoms. The molecule has 0 aromatic rings. The molecule has 412 valence electrons. The quantitative estimate of drug-likeness (QED) is 0.0197. The number of hydrogen-bond donors (Lipinski definition) is 2. The number of phosphoric ester groups is 1. The number of esters is 3. The maximum absolute atomic E-state index is 12.9. The van der Waals surface area contributed by atoms with Crippen LogP contribution in [0.2, 0.25) is 0 Å².